The van der Waals surface area contributed by atoms with E-state index in [0.717, 1.165) is 10.6 Å². The van der Waals surface area contributed by atoms with E-state index in [4.69, 9.17) is 11.6 Å². The SMILES string of the molecule is Cc1cc(Cl)ccc1N(CC(=O)N(Cc1ccc(F)cc1)[C@@H](C)C(=O)NC(C)C)S(C)(=O)=O. The topological polar surface area (TPSA) is 86.8 Å². The van der Waals surface area contributed by atoms with Gasteiger partial charge >= 0.3 is 0 Å². The van der Waals surface area contributed by atoms with Crippen molar-refractivity contribution in [3.05, 3.63) is 64.4 Å². The minimum atomic E-state index is -3.83. The van der Waals surface area contributed by atoms with Gasteiger partial charge in [0.2, 0.25) is 21.8 Å². The molecule has 0 unspecified atom stereocenters. The Morgan fingerprint density at radius 1 is 1.09 bits per heavy atom. The van der Waals surface area contributed by atoms with Crippen molar-refractivity contribution in [1.29, 1.82) is 0 Å². The summed E-state index contributed by atoms with van der Waals surface area (Å²) in [5.74, 6) is -1.39. The first kappa shape index (κ1) is 26.6. The number of nitrogens with zero attached hydrogens (tertiary/aromatic N) is 2. The quantitative estimate of drug-likeness (QED) is 0.574. The Morgan fingerprint density at radius 2 is 1.70 bits per heavy atom. The molecule has 0 spiro atoms. The van der Waals surface area contributed by atoms with E-state index in [1.165, 1.54) is 35.2 Å². The molecular formula is C23H29ClFN3O4S. The zero-order valence-electron chi connectivity index (χ0n) is 19.3. The first-order valence-electron chi connectivity index (χ1n) is 10.4. The molecule has 0 radical (unpaired) electrons. The van der Waals surface area contributed by atoms with Gasteiger partial charge in [-0.1, -0.05) is 23.7 Å². The van der Waals surface area contributed by atoms with Crippen LogP contribution in [0, 0.1) is 12.7 Å². The van der Waals surface area contributed by atoms with Crippen molar-refractivity contribution < 1.29 is 22.4 Å². The molecule has 180 valence electrons. The van der Waals surface area contributed by atoms with Crippen LogP contribution in [0.3, 0.4) is 0 Å². The molecule has 2 rings (SSSR count). The van der Waals surface area contributed by atoms with Crippen LogP contribution < -0.4 is 9.62 Å². The van der Waals surface area contributed by atoms with Crippen LogP contribution in [0.5, 0.6) is 0 Å². The molecular weight excluding hydrogens is 469 g/mol. The summed E-state index contributed by atoms with van der Waals surface area (Å²) in [5.41, 5.74) is 1.50. The maximum absolute atomic E-state index is 13.4. The zero-order valence-corrected chi connectivity index (χ0v) is 20.9. The Kier molecular flexibility index (Phi) is 8.85. The molecule has 0 aliphatic rings. The number of nitrogens with one attached hydrogen (secondary N) is 1. The van der Waals surface area contributed by atoms with Gasteiger partial charge in [-0.05, 0) is 69.2 Å². The molecule has 7 nitrogen and oxygen atoms in total. The van der Waals surface area contributed by atoms with E-state index in [1.54, 1.807) is 39.8 Å². The number of benzene rings is 2. The number of carbonyl (C=O) groups is 2. The molecule has 0 fully saturated rings. The molecule has 0 bridgehead atoms. The van der Waals surface area contributed by atoms with Crippen LogP contribution >= 0.6 is 11.6 Å². The van der Waals surface area contributed by atoms with Gasteiger partial charge in [-0.25, -0.2) is 12.8 Å². The van der Waals surface area contributed by atoms with Gasteiger partial charge in [0.1, 0.15) is 18.4 Å². The fourth-order valence-electron chi connectivity index (χ4n) is 3.27. The Morgan fingerprint density at radius 3 is 2.21 bits per heavy atom. The second-order valence-corrected chi connectivity index (χ2v) is 10.5. The lowest BCUT2D eigenvalue weighted by Gasteiger charge is -2.32. The number of rotatable bonds is 9. The van der Waals surface area contributed by atoms with Crippen molar-refractivity contribution in [2.75, 3.05) is 17.1 Å². The van der Waals surface area contributed by atoms with Gasteiger partial charge in [0, 0.05) is 17.6 Å². The van der Waals surface area contributed by atoms with Gasteiger partial charge < -0.3 is 10.2 Å². The molecule has 0 aliphatic carbocycles. The van der Waals surface area contributed by atoms with Gasteiger partial charge in [0.15, 0.2) is 0 Å². The van der Waals surface area contributed by atoms with E-state index >= 15 is 0 Å². The Balaban J connectivity index is 2.41. The fraction of sp³-hybridized carbons (Fsp3) is 0.391. The molecule has 0 saturated heterocycles. The highest BCUT2D eigenvalue weighted by molar-refractivity contribution is 7.92. The first-order valence-corrected chi connectivity index (χ1v) is 12.6. The number of amides is 2. The molecule has 2 amide bonds. The minimum absolute atomic E-state index is 0.00297. The third-order valence-corrected chi connectivity index (χ3v) is 6.33. The highest BCUT2D eigenvalue weighted by atomic mass is 35.5. The molecule has 0 heterocycles. The second kappa shape index (κ2) is 11.0. The lowest BCUT2D eigenvalue weighted by Crippen LogP contribution is -2.52. The molecule has 1 atom stereocenters. The summed E-state index contributed by atoms with van der Waals surface area (Å²) >= 11 is 6.00. The van der Waals surface area contributed by atoms with Crippen LogP contribution in [-0.4, -0.2) is 50.0 Å². The van der Waals surface area contributed by atoms with Crippen molar-refractivity contribution >= 4 is 39.1 Å². The van der Waals surface area contributed by atoms with E-state index in [9.17, 15) is 22.4 Å². The molecule has 2 aromatic rings. The van der Waals surface area contributed by atoms with Crippen molar-refractivity contribution in [3.63, 3.8) is 0 Å². The van der Waals surface area contributed by atoms with E-state index < -0.39 is 34.3 Å². The summed E-state index contributed by atoms with van der Waals surface area (Å²) in [6.45, 7) is 6.35. The summed E-state index contributed by atoms with van der Waals surface area (Å²) in [4.78, 5) is 27.4. The normalized spacial score (nSPS) is 12.4. The van der Waals surface area contributed by atoms with Gasteiger partial charge in [-0.2, -0.15) is 0 Å². The van der Waals surface area contributed by atoms with Gasteiger partial charge in [0.05, 0.1) is 11.9 Å². The third kappa shape index (κ3) is 7.43. The first-order chi connectivity index (χ1) is 15.3. The summed E-state index contributed by atoms with van der Waals surface area (Å²) in [6.07, 6.45) is 1.01. The van der Waals surface area contributed by atoms with Crippen LogP contribution in [0.4, 0.5) is 10.1 Å². The molecule has 0 aliphatic heterocycles. The minimum Gasteiger partial charge on any atom is -0.352 e. The zero-order chi connectivity index (χ0) is 24.9. The molecule has 0 aromatic heterocycles. The van der Waals surface area contributed by atoms with Crippen molar-refractivity contribution in [3.8, 4) is 0 Å². The van der Waals surface area contributed by atoms with Gasteiger partial charge in [-0.15, -0.1) is 0 Å². The van der Waals surface area contributed by atoms with E-state index in [-0.39, 0.29) is 18.5 Å². The van der Waals surface area contributed by atoms with E-state index in [1.807, 2.05) is 0 Å². The van der Waals surface area contributed by atoms with Gasteiger partial charge in [-0.3, -0.25) is 13.9 Å². The summed E-state index contributed by atoms with van der Waals surface area (Å²) < 4.78 is 39.5. The number of sulfonamides is 1. The number of aryl methyl sites for hydroxylation is 1. The Hall–Kier alpha value is -2.65. The van der Waals surface area contributed by atoms with Crippen LogP contribution in [0.15, 0.2) is 42.5 Å². The monoisotopic (exact) mass is 497 g/mol. The third-order valence-electron chi connectivity index (χ3n) is 4.97. The van der Waals surface area contributed by atoms with Crippen molar-refractivity contribution in [2.45, 2.75) is 46.3 Å². The predicted octanol–water partition coefficient (Wildman–Crippen LogP) is 3.50. The average molecular weight is 498 g/mol. The summed E-state index contributed by atoms with van der Waals surface area (Å²) in [5, 5.41) is 3.20. The highest BCUT2D eigenvalue weighted by Gasteiger charge is 2.30. The van der Waals surface area contributed by atoms with E-state index in [0.29, 0.717) is 21.8 Å². The maximum atomic E-state index is 13.4. The lowest BCUT2D eigenvalue weighted by atomic mass is 10.1. The number of halogens is 2. The molecule has 33 heavy (non-hydrogen) atoms. The largest absolute Gasteiger partial charge is 0.352 e. The predicted molar refractivity (Wildman–Crippen MR) is 128 cm³/mol. The fourth-order valence-corrected chi connectivity index (χ4v) is 4.40. The average Bonchev–Trinajstić information content (AvgIpc) is 2.70. The van der Waals surface area contributed by atoms with Crippen LogP contribution in [0.2, 0.25) is 5.02 Å². The molecule has 0 saturated carbocycles. The molecule has 10 heteroatoms. The van der Waals surface area contributed by atoms with Crippen LogP contribution in [-0.2, 0) is 26.2 Å². The smallest absolute Gasteiger partial charge is 0.244 e. The summed E-state index contributed by atoms with van der Waals surface area (Å²) in [7, 11) is -3.83. The summed E-state index contributed by atoms with van der Waals surface area (Å²) in [6, 6.07) is 9.19. The molecule has 2 aromatic carbocycles. The number of hydrogen-bond donors (Lipinski definition) is 1. The van der Waals surface area contributed by atoms with E-state index in [2.05, 4.69) is 5.32 Å². The van der Waals surface area contributed by atoms with Crippen LogP contribution in [0.1, 0.15) is 31.9 Å². The highest BCUT2D eigenvalue weighted by Crippen LogP contribution is 2.26. The standard InChI is InChI=1S/C23H29ClFN3O4S/c1-15(2)26-23(30)17(4)27(13-18-6-9-20(25)10-7-18)22(29)14-28(33(5,31)32)21-11-8-19(24)12-16(21)3/h6-12,15,17H,13-14H2,1-5H3,(H,26,30)/t17-/m0/s1. The Labute approximate surface area is 199 Å². The van der Waals surface area contributed by atoms with Gasteiger partial charge in [0.25, 0.3) is 0 Å². The van der Waals surface area contributed by atoms with Crippen LogP contribution in [0.25, 0.3) is 0 Å². The number of anilines is 1. The lowest BCUT2D eigenvalue weighted by molar-refractivity contribution is -0.139. The second-order valence-electron chi connectivity index (χ2n) is 8.19. The van der Waals surface area contributed by atoms with Crippen molar-refractivity contribution in [1.82, 2.24) is 10.2 Å². The molecule has 1 N–H and O–H groups in total. The number of hydrogen-bond acceptors (Lipinski definition) is 4. The Bertz CT molecular complexity index is 1110. The number of carbonyl (C=O) groups excluding carboxylic acids is 2. The maximum Gasteiger partial charge on any atom is 0.244 e. The van der Waals surface area contributed by atoms with Crippen molar-refractivity contribution in [2.24, 2.45) is 0 Å².